The Balaban J connectivity index is 1.60. The zero-order valence-corrected chi connectivity index (χ0v) is 14.5. The molecular weight excluding hydrogens is 318 g/mol. The fourth-order valence-corrected chi connectivity index (χ4v) is 3.66. The smallest absolute Gasteiger partial charge is 0.181 e. The van der Waals surface area contributed by atoms with Crippen molar-refractivity contribution in [2.45, 2.75) is 19.4 Å². The minimum atomic E-state index is 0.800. The molecule has 26 heavy (non-hydrogen) atoms. The highest BCUT2D eigenvalue weighted by Gasteiger charge is 2.18. The summed E-state index contributed by atoms with van der Waals surface area (Å²) in [6.45, 7) is 0.912. The van der Waals surface area contributed by atoms with E-state index in [1.807, 2.05) is 6.07 Å². The number of hydrogen-bond donors (Lipinski definition) is 0. The standard InChI is InChI=1S/C23H19N3/c1-2-8-17(9-3-1)19-11-6-12-20(16-19)22-24-23-21-14-5-4-10-18(21)13-7-15-26(23)25-22/h1-6,8-12,14,16H,7,13,15H2. The molecule has 1 aliphatic rings. The van der Waals surface area contributed by atoms with Gasteiger partial charge in [-0.05, 0) is 35.6 Å². The predicted molar refractivity (Wildman–Crippen MR) is 105 cm³/mol. The highest BCUT2D eigenvalue weighted by Crippen LogP contribution is 2.30. The van der Waals surface area contributed by atoms with E-state index in [1.54, 1.807) is 0 Å². The predicted octanol–water partition coefficient (Wildman–Crippen LogP) is 5.23. The van der Waals surface area contributed by atoms with Gasteiger partial charge in [-0.15, -0.1) is 0 Å². The quantitative estimate of drug-likeness (QED) is 0.502. The maximum Gasteiger partial charge on any atom is 0.181 e. The van der Waals surface area contributed by atoms with Gasteiger partial charge < -0.3 is 0 Å². The van der Waals surface area contributed by atoms with E-state index in [1.165, 1.54) is 22.3 Å². The number of nitrogens with zero attached hydrogens (tertiary/aromatic N) is 3. The van der Waals surface area contributed by atoms with Crippen molar-refractivity contribution in [1.29, 1.82) is 0 Å². The second-order valence-electron chi connectivity index (χ2n) is 6.69. The number of rotatable bonds is 2. The zero-order valence-electron chi connectivity index (χ0n) is 14.5. The van der Waals surface area contributed by atoms with E-state index in [0.717, 1.165) is 36.6 Å². The summed E-state index contributed by atoms with van der Waals surface area (Å²) < 4.78 is 2.07. The van der Waals surface area contributed by atoms with Gasteiger partial charge in [0, 0.05) is 17.7 Å². The Morgan fingerprint density at radius 1 is 0.731 bits per heavy atom. The first kappa shape index (κ1) is 15.1. The zero-order chi connectivity index (χ0) is 17.3. The molecule has 5 rings (SSSR count). The summed E-state index contributed by atoms with van der Waals surface area (Å²) in [4.78, 5) is 4.91. The van der Waals surface area contributed by atoms with Crippen LogP contribution in [-0.2, 0) is 13.0 Å². The summed E-state index contributed by atoms with van der Waals surface area (Å²) in [5, 5.41) is 4.82. The fourth-order valence-electron chi connectivity index (χ4n) is 3.66. The Bertz CT molecular complexity index is 1060. The van der Waals surface area contributed by atoms with Crippen LogP contribution in [0.2, 0.25) is 0 Å². The van der Waals surface area contributed by atoms with Crippen LogP contribution < -0.4 is 0 Å². The highest BCUT2D eigenvalue weighted by atomic mass is 15.3. The highest BCUT2D eigenvalue weighted by molar-refractivity contribution is 5.71. The Labute approximate surface area is 153 Å². The molecule has 0 saturated heterocycles. The summed E-state index contributed by atoms with van der Waals surface area (Å²) in [5.41, 5.74) is 6.03. The van der Waals surface area contributed by atoms with Gasteiger partial charge in [0.05, 0.1) is 0 Å². The fraction of sp³-hybridized carbons (Fsp3) is 0.130. The van der Waals surface area contributed by atoms with Crippen LogP contribution in [0.15, 0.2) is 78.9 Å². The molecule has 0 bridgehead atoms. The first-order valence-electron chi connectivity index (χ1n) is 9.07. The van der Waals surface area contributed by atoms with E-state index in [9.17, 15) is 0 Å². The van der Waals surface area contributed by atoms with Crippen molar-refractivity contribution in [3.05, 3.63) is 84.4 Å². The lowest BCUT2D eigenvalue weighted by molar-refractivity contribution is 0.595. The van der Waals surface area contributed by atoms with E-state index < -0.39 is 0 Å². The molecule has 0 radical (unpaired) electrons. The van der Waals surface area contributed by atoms with Crippen LogP contribution in [0, 0.1) is 0 Å². The van der Waals surface area contributed by atoms with Crippen LogP contribution in [0.3, 0.4) is 0 Å². The van der Waals surface area contributed by atoms with Crippen LogP contribution in [-0.4, -0.2) is 14.8 Å². The van der Waals surface area contributed by atoms with Gasteiger partial charge in [-0.1, -0.05) is 72.8 Å². The number of fused-ring (bicyclic) bond motifs is 3. The minimum Gasteiger partial charge on any atom is -0.245 e. The molecule has 0 atom stereocenters. The Kier molecular flexibility index (Phi) is 3.64. The van der Waals surface area contributed by atoms with Gasteiger partial charge in [0.25, 0.3) is 0 Å². The van der Waals surface area contributed by atoms with Crippen molar-refractivity contribution in [2.24, 2.45) is 0 Å². The molecule has 0 spiro atoms. The van der Waals surface area contributed by atoms with Crippen LogP contribution >= 0.6 is 0 Å². The van der Waals surface area contributed by atoms with Gasteiger partial charge >= 0.3 is 0 Å². The molecule has 1 aliphatic heterocycles. The van der Waals surface area contributed by atoms with Gasteiger partial charge in [-0.2, -0.15) is 5.10 Å². The summed E-state index contributed by atoms with van der Waals surface area (Å²) in [6.07, 6.45) is 2.18. The van der Waals surface area contributed by atoms with E-state index in [4.69, 9.17) is 10.1 Å². The molecule has 3 heteroatoms. The Morgan fingerprint density at radius 2 is 1.50 bits per heavy atom. The third kappa shape index (κ3) is 2.62. The SMILES string of the molecule is c1ccc(-c2cccc(-c3nc4n(n3)CCCc3ccccc3-4)c2)cc1. The van der Waals surface area contributed by atoms with Gasteiger partial charge in [0.1, 0.15) is 0 Å². The Hall–Kier alpha value is -3.20. The number of hydrogen-bond acceptors (Lipinski definition) is 2. The van der Waals surface area contributed by atoms with Gasteiger partial charge in [0.15, 0.2) is 11.6 Å². The van der Waals surface area contributed by atoms with E-state index in [0.29, 0.717) is 0 Å². The lowest BCUT2D eigenvalue weighted by Crippen LogP contribution is -2.00. The molecule has 3 nitrogen and oxygen atoms in total. The first-order chi connectivity index (χ1) is 12.9. The van der Waals surface area contributed by atoms with Gasteiger partial charge in [-0.25, -0.2) is 9.67 Å². The molecule has 0 fully saturated rings. The second kappa shape index (κ2) is 6.26. The molecule has 3 aromatic carbocycles. The maximum absolute atomic E-state index is 4.91. The number of aromatic nitrogens is 3. The Morgan fingerprint density at radius 3 is 2.42 bits per heavy atom. The van der Waals surface area contributed by atoms with E-state index in [-0.39, 0.29) is 0 Å². The molecule has 1 aromatic heterocycles. The number of aryl methyl sites for hydroxylation is 2. The minimum absolute atomic E-state index is 0.800. The van der Waals surface area contributed by atoms with Crippen LogP contribution in [0.25, 0.3) is 33.9 Å². The average molecular weight is 337 g/mol. The monoisotopic (exact) mass is 337 g/mol. The normalized spacial score (nSPS) is 12.9. The van der Waals surface area contributed by atoms with E-state index in [2.05, 4.69) is 77.5 Å². The van der Waals surface area contributed by atoms with Gasteiger partial charge in [0.2, 0.25) is 0 Å². The molecule has 0 amide bonds. The largest absolute Gasteiger partial charge is 0.245 e. The summed E-state index contributed by atoms with van der Waals surface area (Å²) in [7, 11) is 0. The van der Waals surface area contributed by atoms with Crippen LogP contribution in [0.5, 0.6) is 0 Å². The first-order valence-corrected chi connectivity index (χ1v) is 9.07. The number of benzene rings is 3. The van der Waals surface area contributed by atoms with Crippen LogP contribution in [0.1, 0.15) is 12.0 Å². The molecular formula is C23H19N3. The van der Waals surface area contributed by atoms with E-state index >= 15 is 0 Å². The summed E-state index contributed by atoms with van der Waals surface area (Å²) >= 11 is 0. The third-order valence-electron chi connectivity index (χ3n) is 4.97. The topological polar surface area (TPSA) is 30.7 Å². The summed E-state index contributed by atoms with van der Waals surface area (Å²) in [5.74, 6) is 1.78. The molecule has 126 valence electrons. The van der Waals surface area contributed by atoms with Gasteiger partial charge in [-0.3, -0.25) is 0 Å². The molecule has 0 aliphatic carbocycles. The average Bonchev–Trinajstić information content (AvgIpc) is 3.06. The molecule has 2 heterocycles. The van der Waals surface area contributed by atoms with Crippen molar-refractivity contribution < 1.29 is 0 Å². The molecule has 0 unspecified atom stereocenters. The summed E-state index contributed by atoms with van der Waals surface area (Å²) in [6, 6.07) is 27.5. The second-order valence-corrected chi connectivity index (χ2v) is 6.69. The molecule has 0 saturated carbocycles. The van der Waals surface area contributed by atoms with Crippen molar-refractivity contribution in [3.8, 4) is 33.9 Å². The van der Waals surface area contributed by atoms with Crippen LogP contribution in [0.4, 0.5) is 0 Å². The van der Waals surface area contributed by atoms with Crippen molar-refractivity contribution >= 4 is 0 Å². The lowest BCUT2D eigenvalue weighted by Gasteiger charge is -2.04. The van der Waals surface area contributed by atoms with Crippen molar-refractivity contribution in [3.63, 3.8) is 0 Å². The van der Waals surface area contributed by atoms with Crippen molar-refractivity contribution in [2.75, 3.05) is 0 Å². The van der Waals surface area contributed by atoms with Crippen molar-refractivity contribution in [1.82, 2.24) is 14.8 Å². The lowest BCUT2D eigenvalue weighted by atomic mass is 10.0. The molecule has 4 aromatic rings. The third-order valence-corrected chi connectivity index (χ3v) is 4.97. The molecule has 0 N–H and O–H groups in total. The maximum atomic E-state index is 4.91.